The van der Waals surface area contributed by atoms with Crippen LogP contribution in [0.15, 0.2) is 84.9 Å². The van der Waals surface area contributed by atoms with Crippen molar-refractivity contribution in [2.24, 2.45) is 0 Å². The van der Waals surface area contributed by atoms with Crippen LogP contribution >= 0.6 is 0 Å². The first-order valence-corrected chi connectivity index (χ1v) is 8.29. The second-order valence-corrected chi connectivity index (χ2v) is 6.11. The largest absolute Gasteiger partial charge is 0.287 e. The van der Waals surface area contributed by atoms with Crippen molar-refractivity contribution in [3.8, 4) is 11.1 Å². The zero-order valence-electron chi connectivity index (χ0n) is 13.9. The molecule has 0 N–H and O–H groups in total. The summed E-state index contributed by atoms with van der Waals surface area (Å²) in [5, 5.41) is 1.04. The maximum Gasteiger partial charge on any atom is 0.211 e. The van der Waals surface area contributed by atoms with Crippen LogP contribution in [0.25, 0.3) is 22.0 Å². The zero-order valence-corrected chi connectivity index (χ0v) is 13.9. The molecule has 120 valence electrons. The number of pyridine rings is 1. The van der Waals surface area contributed by atoms with Gasteiger partial charge in [0.1, 0.15) is 5.69 Å². The van der Waals surface area contributed by atoms with Crippen LogP contribution in [-0.4, -0.2) is 10.8 Å². The van der Waals surface area contributed by atoms with Crippen molar-refractivity contribution in [1.29, 1.82) is 0 Å². The number of carbonyl (C=O) groups is 1. The number of carbonyl (C=O) groups excluding carboxylic acids is 1. The molecule has 1 aromatic heterocycles. The Morgan fingerprint density at radius 1 is 0.760 bits per heavy atom. The van der Waals surface area contributed by atoms with Gasteiger partial charge in [0, 0.05) is 10.9 Å². The van der Waals surface area contributed by atoms with Gasteiger partial charge in [-0.3, -0.25) is 4.79 Å². The number of aryl methyl sites for hydroxylation is 1. The van der Waals surface area contributed by atoms with Crippen molar-refractivity contribution in [3.63, 3.8) is 0 Å². The standard InChI is InChI=1S/C23H17NO/c1-16-15-19(17-7-3-2-4-8-17)11-13-20(16)23(25)22-14-12-18-9-5-6-10-21(18)24-22/h2-15H,1H3. The van der Waals surface area contributed by atoms with E-state index in [-0.39, 0.29) is 5.78 Å². The average Bonchev–Trinajstić information content (AvgIpc) is 2.67. The van der Waals surface area contributed by atoms with Crippen LogP contribution in [0.5, 0.6) is 0 Å². The number of nitrogens with zero attached hydrogens (tertiary/aromatic N) is 1. The molecule has 0 amide bonds. The summed E-state index contributed by atoms with van der Waals surface area (Å²) in [6, 6.07) is 27.7. The molecule has 25 heavy (non-hydrogen) atoms. The van der Waals surface area contributed by atoms with Gasteiger partial charge in [-0.1, -0.05) is 72.8 Å². The van der Waals surface area contributed by atoms with Gasteiger partial charge in [0.05, 0.1) is 5.52 Å². The average molecular weight is 323 g/mol. The van der Waals surface area contributed by atoms with Gasteiger partial charge in [0.25, 0.3) is 0 Å². The minimum atomic E-state index is -0.0390. The molecule has 0 radical (unpaired) electrons. The predicted octanol–water partition coefficient (Wildman–Crippen LogP) is 5.44. The maximum absolute atomic E-state index is 12.9. The summed E-state index contributed by atoms with van der Waals surface area (Å²) in [7, 11) is 0. The molecule has 0 aliphatic heterocycles. The van der Waals surface area contributed by atoms with E-state index in [4.69, 9.17) is 0 Å². The van der Waals surface area contributed by atoms with E-state index in [1.165, 1.54) is 0 Å². The Balaban J connectivity index is 1.72. The smallest absolute Gasteiger partial charge is 0.211 e. The van der Waals surface area contributed by atoms with Crippen molar-refractivity contribution < 1.29 is 4.79 Å². The molecule has 0 aliphatic rings. The molecule has 2 heteroatoms. The summed E-state index contributed by atoms with van der Waals surface area (Å²) in [6.07, 6.45) is 0. The molecule has 4 aromatic rings. The first-order valence-electron chi connectivity index (χ1n) is 8.29. The highest BCUT2D eigenvalue weighted by Gasteiger charge is 2.14. The molecule has 2 nitrogen and oxygen atoms in total. The van der Waals surface area contributed by atoms with Gasteiger partial charge in [-0.2, -0.15) is 0 Å². The molecule has 0 atom stereocenters. The predicted molar refractivity (Wildman–Crippen MR) is 102 cm³/mol. The molecule has 0 saturated carbocycles. The third-order valence-corrected chi connectivity index (χ3v) is 4.41. The van der Waals surface area contributed by atoms with Crippen molar-refractivity contribution in [1.82, 2.24) is 4.98 Å². The van der Waals surface area contributed by atoms with Gasteiger partial charge < -0.3 is 0 Å². The lowest BCUT2D eigenvalue weighted by molar-refractivity contribution is 0.103. The molecule has 1 heterocycles. The highest BCUT2D eigenvalue weighted by atomic mass is 16.1. The number of rotatable bonds is 3. The van der Waals surface area contributed by atoms with Crippen molar-refractivity contribution >= 4 is 16.7 Å². The van der Waals surface area contributed by atoms with Crippen LogP contribution in [-0.2, 0) is 0 Å². The number of hydrogen-bond donors (Lipinski definition) is 0. The van der Waals surface area contributed by atoms with Crippen molar-refractivity contribution in [2.75, 3.05) is 0 Å². The Kier molecular flexibility index (Phi) is 3.87. The van der Waals surface area contributed by atoms with Gasteiger partial charge in [-0.25, -0.2) is 4.98 Å². The third kappa shape index (κ3) is 2.94. The molecule has 0 saturated heterocycles. The molecular weight excluding hydrogens is 306 g/mol. The lowest BCUT2D eigenvalue weighted by Gasteiger charge is -2.09. The Labute approximate surface area is 146 Å². The Morgan fingerprint density at radius 2 is 1.52 bits per heavy atom. The van der Waals surface area contributed by atoms with Gasteiger partial charge in [0.2, 0.25) is 5.78 Å². The molecular formula is C23H17NO. The van der Waals surface area contributed by atoms with Crippen LogP contribution in [0.2, 0.25) is 0 Å². The summed E-state index contributed by atoms with van der Waals surface area (Å²) in [5.74, 6) is -0.0390. The lowest BCUT2D eigenvalue weighted by atomic mass is 9.96. The Hall–Kier alpha value is -3.26. The van der Waals surface area contributed by atoms with Crippen molar-refractivity contribution in [2.45, 2.75) is 6.92 Å². The van der Waals surface area contributed by atoms with E-state index in [1.54, 1.807) is 6.07 Å². The number of para-hydroxylation sites is 1. The molecule has 0 spiro atoms. The summed E-state index contributed by atoms with van der Waals surface area (Å²) in [4.78, 5) is 17.4. The number of hydrogen-bond acceptors (Lipinski definition) is 2. The molecule has 0 bridgehead atoms. The lowest BCUT2D eigenvalue weighted by Crippen LogP contribution is -2.06. The fourth-order valence-corrected chi connectivity index (χ4v) is 3.06. The summed E-state index contributed by atoms with van der Waals surface area (Å²) in [6.45, 7) is 1.97. The topological polar surface area (TPSA) is 30.0 Å². The normalized spacial score (nSPS) is 10.8. The first-order chi connectivity index (χ1) is 12.2. The van der Waals surface area contributed by atoms with Crippen LogP contribution in [0.1, 0.15) is 21.6 Å². The number of ketones is 1. The SMILES string of the molecule is Cc1cc(-c2ccccc2)ccc1C(=O)c1ccc2ccccc2n1. The van der Waals surface area contributed by atoms with E-state index in [9.17, 15) is 4.79 Å². The number of fused-ring (bicyclic) bond motifs is 1. The molecule has 0 aliphatic carbocycles. The van der Waals surface area contributed by atoms with Gasteiger partial charge in [-0.05, 0) is 35.7 Å². The molecule has 0 unspecified atom stereocenters. The van der Waals surface area contributed by atoms with Crippen LogP contribution in [0.3, 0.4) is 0 Å². The van der Waals surface area contributed by atoms with Gasteiger partial charge in [-0.15, -0.1) is 0 Å². The quantitative estimate of drug-likeness (QED) is 0.470. The van der Waals surface area contributed by atoms with Crippen molar-refractivity contribution in [3.05, 3.63) is 102 Å². The van der Waals surface area contributed by atoms with E-state index in [0.29, 0.717) is 11.3 Å². The van der Waals surface area contributed by atoms with Gasteiger partial charge >= 0.3 is 0 Å². The van der Waals surface area contributed by atoms with E-state index in [2.05, 4.69) is 23.2 Å². The second kappa shape index (κ2) is 6.33. The Bertz CT molecular complexity index is 1070. The van der Waals surface area contributed by atoms with E-state index >= 15 is 0 Å². The summed E-state index contributed by atoms with van der Waals surface area (Å²) < 4.78 is 0. The first kappa shape index (κ1) is 15.3. The van der Waals surface area contributed by atoms with Gasteiger partial charge in [0.15, 0.2) is 0 Å². The maximum atomic E-state index is 12.9. The second-order valence-electron chi connectivity index (χ2n) is 6.11. The van der Waals surface area contributed by atoms with Crippen LogP contribution in [0.4, 0.5) is 0 Å². The van der Waals surface area contributed by atoms with E-state index in [1.807, 2.05) is 67.6 Å². The summed E-state index contributed by atoms with van der Waals surface area (Å²) >= 11 is 0. The zero-order chi connectivity index (χ0) is 17.2. The van der Waals surface area contributed by atoms with Crippen LogP contribution < -0.4 is 0 Å². The highest BCUT2D eigenvalue weighted by Crippen LogP contribution is 2.24. The monoisotopic (exact) mass is 323 g/mol. The number of aromatic nitrogens is 1. The Morgan fingerprint density at radius 3 is 2.32 bits per heavy atom. The van der Waals surface area contributed by atoms with E-state index in [0.717, 1.165) is 27.6 Å². The number of benzene rings is 3. The molecule has 4 rings (SSSR count). The fourth-order valence-electron chi connectivity index (χ4n) is 3.06. The molecule has 0 fully saturated rings. The third-order valence-electron chi connectivity index (χ3n) is 4.41. The van der Waals surface area contributed by atoms with Crippen LogP contribution in [0, 0.1) is 6.92 Å². The molecule has 3 aromatic carbocycles. The fraction of sp³-hybridized carbons (Fsp3) is 0.0435. The minimum Gasteiger partial charge on any atom is -0.287 e. The summed E-state index contributed by atoms with van der Waals surface area (Å²) in [5.41, 5.74) is 5.24. The van der Waals surface area contributed by atoms with E-state index < -0.39 is 0 Å². The highest BCUT2D eigenvalue weighted by molar-refractivity contribution is 6.09. The minimum absolute atomic E-state index is 0.0390.